The number of hydrogen-bond acceptors (Lipinski definition) is 6. The van der Waals surface area contributed by atoms with Gasteiger partial charge in [0.05, 0.1) is 12.8 Å². The molecule has 1 amide bonds. The molecular weight excluding hydrogens is 376 g/mol. The van der Waals surface area contributed by atoms with Crippen molar-refractivity contribution in [1.82, 2.24) is 5.43 Å². The maximum atomic E-state index is 12.0. The Labute approximate surface area is 167 Å². The summed E-state index contributed by atoms with van der Waals surface area (Å²) in [5, 5.41) is 15.4. The lowest BCUT2D eigenvalue weighted by Gasteiger charge is -2.12. The van der Waals surface area contributed by atoms with Crippen LogP contribution in [0.1, 0.15) is 27.7 Å². The summed E-state index contributed by atoms with van der Waals surface area (Å²) in [6.45, 7) is 2.88. The Morgan fingerprint density at radius 1 is 1.14 bits per heavy atom. The van der Waals surface area contributed by atoms with Gasteiger partial charge in [-0.25, -0.2) is 5.43 Å². The minimum absolute atomic E-state index is 0.0242. The first-order chi connectivity index (χ1) is 13.7. The van der Waals surface area contributed by atoms with Crippen molar-refractivity contribution in [3.8, 4) is 17.2 Å². The van der Waals surface area contributed by atoms with Crippen LogP contribution in [-0.4, -0.2) is 23.8 Å². The van der Waals surface area contributed by atoms with E-state index in [-0.39, 0.29) is 5.75 Å². The van der Waals surface area contributed by atoms with E-state index in [1.165, 1.54) is 18.3 Å². The summed E-state index contributed by atoms with van der Waals surface area (Å²) in [4.78, 5) is 13.2. The van der Waals surface area contributed by atoms with Crippen LogP contribution in [0.3, 0.4) is 0 Å². The highest BCUT2D eigenvalue weighted by molar-refractivity contribution is 7.09. The van der Waals surface area contributed by atoms with Crippen LogP contribution in [0.15, 0.2) is 65.1 Å². The number of phenolic OH excluding ortho intramolecular Hbond substituents is 1. The Morgan fingerprint density at radius 3 is 2.79 bits per heavy atom. The van der Waals surface area contributed by atoms with Gasteiger partial charge in [-0.2, -0.15) is 5.10 Å². The van der Waals surface area contributed by atoms with Crippen molar-refractivity contribution in [3.63, 3.8) is 0 Å². The molecular formula is C21H20N2O4S. The molecule has 2 N–H and O–H groups in total. The Bertz CT molecular complexity index is 955. The molecule has 0 aliphatic heterocycles. The van der Waals surface area contributed by atoms with E-state index < -0.39 is 5.91 Å². The fraction of sp³-hybridized carbons (Fsp3) is 0.143. The molecule has 2 aromatic carbocycles. The fourth-order valence-corrected chi connectivity index (χ4v) is 3.03. The van der Waals surface area contributed by atoms with Crippen LogP contribution in [0.25, 0.3) is 0 Å². The average Bonchev–Trinajstić information content (AvgIpc) is 3.21. The van der Waals surface area contributed by atoms with Crippen LogP contribution in [0.5, 0.6) is 17.2 Å². The molecule has 144 valence electrons. The van der Waals surface area contributed by atoms with Crippen molar-refractivity contribution in [1.29, 1.82) is 0 Å². The molecule has 6 nitrogen and oxygen atoms in total. The lowest BCUT2D eigenvalue weighted by molar-refractivity contribution is 0.0954. The van der Waals surface area contributed by atoms with Gasteiger partial charge in [0.15, 0.2) is 11.5 Å². The standard InChI is InChI=1S/C21H20N2O4S/c1-2-26-20-11-15(8-9-19(20)27-14-18-7-4-10-28-18)13-22-23-21(25)16-5-3-6-17(24)12-16/h3-13,24H,2,14H2,1H3,(H,23,25)/b22-13-. The summed E-state index contributed by atoms with van der Waals surface area (Å²) in [7, 11) is 0. The number of amides is 1. The third kappa shape index (κ3) is 5.34. The van der Waals surface area contributed by atoms with Gasteiger partial charge in [0.25, 0.3) is 5.91 Å². The molecule has 0 atom stereocenters. The number of nitrogens with zero attached hydrogens (tertiary/aromatic N) is 1. The molecule has 0 unspecified atom stereocenters. The zero-order valence-electron chi connectivity index (χ0n) is 15.3. The summed E-state index contributed by atoms with van der Waals surface area (Å²) in [6.07, 6.45) is 1.52. The van der Waals surface area contributed by atoms with Crippen LogP contribution >= 0.6 is 11.3 Å². The third-order valence-electron chi connectivity index (χ3n) is 3.71. The number of ether oxygens (including phenoxy) is 2. The van der Waals surface area contributed by atoms with Gasteiger partial charge in [0.1, 0.15) is 12.4 Å². The molecule has 0 radical (unpaired) electrons. The number of thiophene rings is 1. The first kappa shape index (κ1) is 19.4. The lowest BCUT2D eigenvalue weighted by atomic mass is 10.2. The zero-order valence-corrected chi connectivity index (χ0v) is 16.1. The average molecular weight is 396 g/mol. The molecule has 7 heteroatoms. The second-order valence-corrected chi connectivity index (χ2v) is 6.79. The Hall–Kier alpha value is -3.32. The topological polar surface area (TPSA) is 80.2 Å². The van der Waals surface area contributed by atoms with Gasteiger partial charge in [-0.1, -0.05) is 12.1 Å². The van der Waals surface area contributed by atoms with Crippen molar-refractivity contribution in [2.45, 2.75) is 13.5 Å². The Morgan fingerprint density at radius 2 is 2.04 bits per heavy atom. The van der Waals surface area contributed by atoms with Gasteiger partial charge in [-0.15, -0.1) is 11.3 Å². The van der Waals surface area contributed by atoms with Crippen LogP contribution in [0.2, 0.25) is 0 Å². The van der Waals surface area contributed by atoms with Crippen LogP contribution in [0.4, 0.5) is 0 Å². The quantitative estimate of drug-likeness (QED) is 0.442. The summed E-state index contributed by atoms with van der Waals surface area (Å²) in [6, 6.07) is 15.5. The van der Waals surface area contributed by atoms with Gasteiger partial charge in [-0.05, 0) is 60.3 Å². The van der Waals surface area contributed by atoms with Crippen molar-refractivity contribution in [2.75, 3.05) is 6.61 Å². The molecule has 0 fully saturated rings. The molecule has 0 saturated heterocycles. The van der Waals surface area contributed by atoms with Crippen molar-refractivity contribution >= 4 is 23.5 Å². The van der Waals surface area contributed by atoms with E-state index in [9.17, 15) is 9.90 Å². The third-order valence-corrected chi connectivity index (χ3v) is 4.56. The molecule has 3 aromatic rings. The molecule has 0 saturated carbocycles. The number of carbonyl (C=O) groups excluding carboxylic acids is 1. The number of rotatable bonds is 8. The highest BCUT2D eigenvalue weighted by Crippen LogP contribution is 2.29. The van der Waals surface area contributed by atoms with Gasteiger partial charge in [0, 0.05) is 10.4 Å². The highest BCUT2D eigenvalue weighted by atomic mass is 32.1. The maximum absolute atomic E-state index is 12.0. The predicted octanol–water partition coefficient (Wildman–Crippen LogP) is 4.20. The molecule has 0 spiro atoms. The molecule has 0 aliphatic rings. The van der Waals surface area contributed by atoms with Gasteiger partial charge < -0.3 is 14.6 Å². The number of aromatic hydroxyl groups is 1. The van der Waals surface area contributed by atoms with Crippen LogP contribution < -0.4 is 14.9 Å². The van der Waals surface area contributed by atoms with E-state index >= 15 is 0 Å². The van der Waals surface area contributed by atoms with Crippen LogP contribution in [-0.2, 0) is 6.61 Å². The number of phenols is 1. The second kappa shape index (κ2) is 9.57. The first-order valence-corrected chi connectivity index (χ1v) is 9.58. The van der Waals surface area contributed by atoms with E-state index in [4.69, 9.17) is 9.47 Å². The monoisotopic (exact) mass is 396 g/mol. The zero-order chi connectivity index (χ0) is 19.8. The first-order valence-electron chi connectivity index (χ1n) is 8.70. The number of benzene rings is 2. The normalized spacial score (nSPS) is 10.8. The summed E-state index contributed by atoms with van der Waals surface area (Å²) in [5.74, 6) is 0.878. The fourth-order valence-electron chi connectivity index (χ4n) is 2.41. The summed E-state index contributed by atoms with van der Waals surface area (Å²) < 4.78 is 11.5. The van der Waals surface area contributed by atoms with E-state index in [1.54, 1.807) is 29.5 Å². The largest absolute Gasteiger partial charge is 0.508 e. The van der Waals surface area contributed by atoms with Crippen molar-refractivity contribution in [2.24, 2.45) is 5.10 Å². The number of nitrogens with one attached hydrogen (secondary N) is 1. The van der Waals surface area contributed by atoms with E-state index in [1.807, 2.05) is 36.6 Å². The van der Waals surface area contributed by atoms with E-state index in [0.29, 0.717) is 30.3 Å². The van der Waals surface area contributed by atoms with E-state index in [2.05, 4.69) is 10.5 Å². The molecule has 0 bridgehead atoms. The number of carbonyl (C=O) groups is 1. The lowest BCUT2D eigenvalue weighted by Crippen LogP contribution is -2.17. The minimum atomic E-state index is -0.409. The number of hydrogen-bond donors (Lipinski definition) is 2. The Kier molecular flexibility index (Phi) is 6.64. The molecule has 28 heavy (non-hydrogen) atoms. The molecule has 1 heterocycles. The van der Waals surface area contributed by atoms with Crippen LogP contribution in [0, 0.1) is 0 Å². The summed E-state index contributed by atoms with van der Waals surface area (Å²) >= 11 is 1.63. The van der Waals surface area contributed by atoms with Gasteiger partial charge in [0.2, 0.25) is 0 Å². The number of hydrazone groups is 1. The minimum Gasteiger partial charge on any atom is -0.508 e. The molecule has 3 rings (SSSR count). The second-order valence-electron chi connectivity index (χ2n) is 5.76. The highest BCUT2D eigenvalue weighted by Gasteiger charge is 2.08. The predicted molar refractivity (Wildman–Crippen MR) is 109 cm³/mol. The summed E-state index contributed by atoms with van der Waals surface area (Å²) in [5.41, 5.74) is 3.51. The van der Waals surface area contributed by atoms with Gasteiger partial charge >= 0.3 is 0 Å². The molecule has 1 aromatic heterocycles. The van der Waals surface area contributed by atoms with Gasteiger partial charge in [-0.3, -0.25) is 4.79 Å². The SMILES string of the molecule is CCOc1cc(/C=N\NC(=O)c2cccc(O)c2)ccc1OCc1cccs1. The molecule has 0 aliphatic carbocycles. The van der Waals surface area contributed by atoms with Crippen molar-refractivity contribution in [3.05, 3.63) is 76.0 Å². The maximum Gasteiger partial charge on any atom is 0.271 e. The smallest absolute Gasteiger partial charge is 0.271 e. The Balaban J connectivity index is 1.65. The van der Waals surface area contributed by atoms with E-state index in [0.717, 1.165) is 10.4 Å². The van der Waals surface area contributed by atoms with Crippen molar-refractivity contribution < 1.29 is 19.4 Å².